The molecule has 4 N–H and O–H groups in total. The lowest BCUT2D eigenvalue weighted by Gasteiger charge is -1.70. The van der Waals surface area contributed by atoms with Crippen molar-refractivity contribution >= 4 is 0 Å². The van der Waals surface area contributed by atoms with E-state index in [9.17, 15) is 0 Å². The molecular formula is C7H13N3. The number of hydrogen-bond donors (Lipinski definition) is 2. The number of nitrogens with one attached hydrogen (secondary N) is 1. The third kappa shape index (κ3) is 7.07. The summed E-state index contributed by atoms with van der Waals surface area (Å²) in [5.41, 5.74) is 0. The zero-order valence-corrected chi connectivity index (χ0v) is 5.96. The Morgan fingerprint density at radius 2 is 1.50 bits per heavy atom. The summed E-state index contributed by atoms with van der Waals surface area (Å²) >= 11 is 0. The number of pyridine rings is 1. The highest BCUT2D eigenvalue weighted by molar-refractivity contribution is 4.88. The minimum atomic E-state index is 0. The van der Waals surface area contributed by atoms with Crippen LogP contribution in [-0.2, 0) is 0 Å². The summed E-state index contributed by atoms with van der Waals surface area (Å²) in [7, 11) is 0. The number of nitrogens with zero attached hydrogens (tertiary/aromatic N) is 1. The minimum absolute atomic E-state index is 0. The summed E-state index contributed by atoms with van der Waals surface area (Å²) in [6.45, 7) is 2.50. The van der Waals surface area contributed by atoms with Gasteiger partial charge in [-0.25, -0.2) is 0 Å². The molecule has 3 nitrogen and oxygen atoms in total. The van der Waals surface area contributed by atoms with E-state index in [0.29, 0.717) is 0 Å². The van der Waals surface area contributed by atoms with Crippen LogP contribution >= 0.6 is 0 Å². The van der Waals surface area contributed by atoms with E-state index in [1.165, 1.54) is 13.1 Å². The predicted octanol–water partition coefficient (Wildman–Crippen LogP) is 0.833. The summed E-state index contributed by atoms with van der Waals surface area (Å²) in [6, 6.07) is 5.72. The molecule has 10 heavy (non-hydrogen) atoms. The summed E-state index contributed by atoms with van der Waals surface area (Å²) in [5, 5.41) is 3.00. The number of aromatic nitrogens is 1. The van der Waals surface area contributed by atoms with Gasteiger partial charge in [0.05, 0.1) is 0 Å². The summed E-state index contributed by atoms with van der Waals surface area (Å²) in [4.78, 5) is 3.78. The molecule has 0 bridgehead atoms. The fourth-order valence-electron chi connectivity index (χ4n) is 0.313. The van der Waals surface area contributed by atoms with Gasteiger partial charge in [0.2, 0.25) is 0 Å². The van der Waals surface area contributed by atoms with E-state index in [2.05, 4.69) is 10.3 Å². The zero-order valence-electron chi connectivity index (χ0n) is 5.96. The smallest absolute Gasteiger partial charge is 0.0267 e. The Morgan fingerprint density at radius 1 is 1.00 bits per heavy atom. The largest absolute Gasteiger partial charge is 0.344 e. The predicted molar refractivity (Wildman–Crippen MR) is 42.1 cm³/mol. The molecule has 1 aliphatic heterocycles. The van der Waals surface area contributed by atoms with Crippen LogP contribution in [0.1, 0.15) is 0 Å². The quantitative estimate of drug-likeness (QED) is 0.523. The van der Waals surface area contributed by atoms with E-state index in [1.807, 2.05) is 18.2 Å². The van der Waals surface area contributed by atoms with Gasteiger partial charge in [-0.15, -0.1) is 0 Å². The van der Waals surface area contributed by atoms with Gasteiger partial charge in [-0.3, -0.25) is 4.98 Å². The highest BCUT2D eigenvalue weighted by atomic mass is 15.0. The monoisotopic (exact) mass is 139 g/mol. The highest BCUT2D eigenvalue weighted by Gasteiger charge is 1.91. The Morgan fingerprint density at radius 3 is 1.60 bits per heavy atom. The molecule has 0 atom stereocenters. The van der Waals surface area contributed by atoms with Crippen molar-refractivity contribution in [3.05, 3.63) is 30.6 Å². The van der Waals surface area contributed by atoms with Crippen molar-refractivity contribution in [3.8, 4) is 0 Å². The van der Waals surface area contributed by atoms with Crippen LogP contribution in [0.3, 0.4) is 0 Å². The number of rotatable bonds is 0. The molecule has 1 aromatic rings. The maximum atomic E-state index is 3.78. The van der Waals surface area contributed by atoms with E-state index in [-0.39, 0.29) is 6.15 Å². The Bertz CT molecular complexity index is 109. The third-order valence-electron chi connectivity index (χ3n) is 0.816. The molecule has 0 aromatic carbocycles. The standard InChI is InChI=1S/C5H5N.C2H5N.H3N/c1-2-4-6-5-3-1;1-2-3-1;/h1-5H;3H,1-2H2;1H3. The SMILES string of the molecule is C1CN1.N.c1ccncc1. The molecule has 3 heteroatoms. The van der Waals surface area contributed by atoms with Crippen molar-refractivity contribution in [2.75, 3.05) is 13.1 Å². The van der Waals surface area contributed by atoms with E-state index in [0.717, 1.165) is 0 Å². The minimum Gasteiger partial charge on any atom is -0.344 e. The van der Waals surface area contributed by atoms with E-state index < -0.39 is 0 Å². The molecule has 0 spiro atoms. The van der Waals surface area contributed by atoms with Crippen molar-refractivity contribution < 1.29 is 0 Å². The molecule has 0 radical (unpaired) electrons. The van der Waals surface area contributed by atoms with Crippen LogP contribution in [0.25, 0.3) is 0 Å². The van der Waals surface area contributed by atoms with Gasteiger partial charge in [0, 0.05) is 25.5 Å². The topological polar surface area (TPSA) is 69.8 Å². The molecule has 0 unspecified atom stereocenters. The van der Waals surface area contributed by atoms with Gasteiger partial charge in [-0.05, 0) is 12.1 Å². The number of hydrogen-bond acceptors (Lipinski definition) is 3. The highest BCUT2D eigenvalue weighted by Crippen LogP contribution is 1.73. The zero-order chi connectivity index (χ0) is 6.36. The van der Waals surface area contributed by atoms with Gasteiger partial charge in [0.15, 0.2) is 0 Å². The van der Waals surface area contributed by atoms with Crippen LogP contribution in [0.5, 0.6) is 0 Å². The Kier molecular flexibility index (Phi) is 5.62. The molecular weight excluding hydrogens is 126 g/mol. The fraction of sp³-hybridized carbons (Fsp3) is 0.286. The van der Waals surface area contributed by atoms with Gasteiger partial charge >= 0.3 is 0 Å². The first kappa shape index (κ1) is 9.07. The average molecular weight is 139 g/mol. The van der Waals surface area contributed by atoms with Crippen molar-refractivity contribution in [2.24, 2.45) is 0 Å². The molecule has 1 aromatic heterocycles. The van der Waals surface area contributed by atoms with Gasteiger partial charge in [0.25, 0.3) is 0 Å². The van der Waals surface area contributed by atoms with Crippen molar-refractivity contribution in [1.29, 1.82) is 0 Å². The Hall–Kier alpha value is -0.930. The molecule has 1 aliphatic rings. The Labute approximate surface area is 61.1 Å². The van der Waals surface area contributed by atoms with Gasteiger partial charge in [-0.2, -0.15) is 0 Å². The average Bonchev–Trinajstić information content (AvgIpc) is 2.76. The second-order valence-corrected chi connectivity index (χ2v) is 1.77. The van der Waals surface area contributed by atoms with Crippen LogP contribution in [0.15, 0.2) is 30.6 Å². The molecule has 2 rings (SSSR count). The molecule has 0 aliphatic carbocycles. The van der Waals surface area contributed by atoms with Gasteiger partial charge in [0.1, 0.15) is 0 Å². The summed E-state index contributed by atoms with van der Waals surface area (Å²) in [6.07, 6.45) is 3.50. The van der Waals surface area contributed by atoms with Crippen molar-refractivity contribution in [2.45, 2.75) is 0 Å². The first-order valence-electron chi connectivity index (χ1n) is 3.06. The molecule has 56 valence electrons. The molecule has 0 amide bonds. The fourth-order valence-corrected chi connectivity index (χ4v) is 0.313. The van der Waals surface area contributed by atoms with Crippen LogP contribution in [-0.4, -0.2) is 18.1 Å². The molecule has 2 heterocycles. The van der Waals surface area contributed by atoms with Crippen molar-refractivity contribution in [3.63, 3.8) is 0 Å². The normalized spacial score (nSPS) is 12.0. The first-order valence-corrected chi connectivity index (χ1v) is 3.06. The molecule has 0 saturated carbocycles. The van der Waals surface area contributed by atoms with Crippen LogP contribution in [0.2, 0.25) is 0 Å². The van der Waals surface area contributed by atoms with Gasteiger partial charge < -0.3 is 11.5 Å². The maximum Gasteiger partial charge on any atom is 0.0267 e. The lowest BCUT2D eigenvalue weighted by Crippen LogP contribution is -1.58. The third-order valence-corrected chi connectivity index (χ3v) is 0.816. The first-order chi connectivity index (χ1) is 4.50. The summed E-state index contributed by atoms with van der Waals surface area (Å²) < 4.78 is 0. The molecule has 1 saturated heterocycles. The lowest BCUT2D eigenvalue weighted by atomic mass is 10.5. The van der Waals surface area contributed by atoms with Crippen LogP contribution < -0.4 is 11.5 Å². The van der Waals surface area contributed by atoms with Crippen LogP contribution in [0.4, 0.5) is 0 Å². The second kappa shape index (κ2) is 6.19. The van der Waals surface area contributed by atoms with Crippen LogP contribution in [0, 0.1) is 0 Å². The molecule has 1 fully saturated rings. The lowest BCUT2D eigenvalue weighted by molar-refractivity contribution is 1.33. The Balaban J connectivity index is 0.000000174. The van der Waals surface area contributed by atoms with Gasteiger partial charge in [-0.1, -0.05) is 6.07 Å². The summed E-state index contributed by atoms with van der Waals surface area (Å²) in [5.74, 6) is 0. The maximum absolute atomic E-state index is 3.78. The van der Waals surface area contributed by atoms with Crippen molar-refractivity contribution in [1.82, 2.24) is 16.5 Å². The second-order valence-electron chi connectivity index (χ2n) is 1.77. The van der Waals surface area contributed by atoms with E-state index in [4.69, 9.17) is 0 Å². The van der Waals surface area contributed by atoms with E-state index in [1.54, 1.807) is 12.4 Å². The van der Waals surface area contributed by atoms with E-state index >= 15 is 0 Å².